The summed E-state index contributed by atoms with van der Waals surface area (Å²) < 4.78 is 14.9. The Labute approximate surface area is 593 Å². The molecule has 0 N–H and O–H groups in total. The van der Waals surface area contributed by atoms with Gasteiger partial charge in [-0.1, -0.05) is 263 Å². The molecule has 498 valence electrons. The van der Waals surface area contributed by atoms with Crippen molar-refractivity contribution >= 4 is 109 Å². The molecule has 0 spiro atoms. The van der Waals surface area contributed by atoms with E-state index in [1.807, 2.05) is 0 Å². The highest BCUT2D eigenvalue weighted by atomic mass is 16.3. The van der Waals surface area contributed by atoms with E-state index in [1.54, 1.807) is 0 Å². The first-order valence-electron chi connectivity index (χ1n) is 36.6. The van der Waals surface area contributed by atoms with Gasteiger partial charge in [0.15, 0.2) is 0 Å². The Kier molecular flexibility index (Phi) is 13.4. The monoisotopic (exact) mass is 1310 g/mol. The normalized spacial score (nSPS) is 13.3. The van der Waals surface area contributed by atoms with E-state index in [0.717, 1.165) is 33.3 Å². The number of aromatic nitrogens is 3. The van der Waals surface area contributed by atoms with Gasteiger partial charge in [-0.2, -0.15) is 0 Å². The molecule has 18 rings (SSSR count). The van der Waals surface area contributed by atoms with E-state index >= 15 is 0 Å². The zero-order valence-electron chi connectivity index (χ0n) is 61.7. The maximum atomic E-state index is 7.21. The zero-order chi connectivity index (χ0) is 70.0. The molecule has 12 aromatic carbocycles. The topological polar surface area (TPSA) is 26.9 Å². The number of rotatable bonds is 7. The molecule has 0 radical (unpaired) electrons. The molecule has 0 saturated heterocycles. The molecule has 0 saturated carbocycles. The van der Waals surface area contributed by atoms with Crippen LogP contribution in [-0.2, 0) is 27.1 Å². The van der Waals surface area contributed by atoms with Crippen molar-refractivity contribution in [1.29, 1.82) is 0 Å². The van der Waals surface area contributed by atoms with Gasteiger partial charge in [0.2, 0.25) is 5.71 Å². The Balaban J connectivity index is 1.03. The number of nitrogens with zero attached hydrogens (tertiary/aromatic N) is 3. The van der Waals surface area contributed by atoms with Gasteiger partial charge in [0.05, 0.1) is 44.0 Å². The maximum absolute atomic E-state index is 7.21. The van der Waals surface area contributed by atoms with E-state index in [1.165, 1.54) is 171 Å². The van der Waals surface area contributed by atoms with Gasteiger partial charge in [-0.15, -0.1) is 0 Å². The number of furan rings is 1. The van der Waals surface area contributed by atoms with Gasteiger partial charge < -0.3 is 13.4 Å². The highest BCUT2D eigenvalue weighted by molar-refractivity contribution is 6.36. The van der Waals surface area contributed by atoms with Crippen LogP contribution in [0.3, 0.4) is 0 Å². The molecular weight excluding hydrogens is 1220 g/mol. The average molecular weight is 1310 g/mol. The molecule has 0 amide bonds. The van der Waals surface area contributed by atoms with Crippen LogP contribution in [0.2, 0.25) is 0 Å². The molecule has 6 aromatic heterocycles. The van der Waals surface area contributed by atoms with E-state index in [0.29, 0.717) is 5.92 Å². The quantitative estimate of drug-likeness (QED) is 0.156. The molecule has 0 aliphatic heterocycles. The fourth-order valence-corrected chi connectivity index (χ4v) is 16.7. The smallest absolute Gasteiger partial charge is 0.213 e. The van der Waals surface area contributed by atoms with Crippen molar-refractivity contribution < 1.29 is 4.42 Å². The van der Waals surface area contributed by atoms with Crippen LogP contribution in [0, 0.1) is 0 Å². The standard InChI is InChI=1S/C97H89N3O/c1-55(2)59-38-60(40-66(39-59)93(3,4)5)63-47-75(58-34-36-83-76(46-58)72-30-21-23-32-82(72)98(83)71-29-25-28-57(45-71)56-26-19-18-20-27-56)88-78(49-63)79-50-64(61-41-67(94(6,7)8)53-68(42-61)95(9,10)11)48-77-73-35-37-84-87(91(73)100(88)89(77)79)81-52-65(62-43-69(96(12,13)14)54-70(44-62)97(15,16)17)51-80-86-74-31-22-24-33-85(74)101-92(86)99(84)90(80)81/h18-55H,1-17H3. The van der Waals surface area contributed by atoms with Crippen molar-refractivity contribution in [3.05, 3.63) is 258 Å². The Morgan fingerprint density at radius 2 is 0.743 bits per heavy atom. The van der Waals surface area contributed by atoms with Gasteiger partial charge in [0.25, 0.3) is 0 Å². The molecule has 0 unspecified atom stereocenters. The second kappa shape index (κ2) is 21.6. The minimum absolute atomic E-state index is 0.0741. The van der Waals surface area contributed by atoms with Crippen molar-refractivity contribution in [2.24, 2.45) is 0 Å². The number of para-hydroxylation sites is 2. The summed E-state index contributed by atoms with van der Waals surface area (Å²) in [4.78, 5) is 0. The molecule has 0 atom stereocenters. The van der Waals surface area contributed by atoms with E-state index in [9.17, 15) is 0 Å². The first-order chi connectivity index (χ1) is 48.0. The number of fused-ring (bicyclic) bond motifs is 18. The molecule has 4 heteroatoms. The number of benzene rings is 12. The van der Waals surface area contributed by atoms with Gasteiger partial charge in [-0.05, 0) is 195 Å². The van der Waals surface area contributed by atoms with Crippen molar-refractivity contribution in [3.63, 3.8) is 0 Å². The lowest BCUT2D eigenvalue weighted by molar-refractivity contribution is 0.568. The molecule has 0 aliphatic carbocycles. The van der Waals surface area contributed by atoms with Crippen molar-refractivity contribution in [3.8, 4) is 61.3 Å². The van der Waals surface area contributed by atoms with Crippen molar-refractivity contribution in [2.45, 2.75) is 151 Å². The summed E-state index contributed by atoms with van der Waals surface area (Å²) >= 11 is 0. The Morgan fingerprint density at radius 3 is 1.36 bits per heavy atom. The third kappa shape index (κ3) is 9.74. The first kappa shape index (κ1) is 62.8. The predicted octanol–water partition coefficient (Wildman–Crippen LogP) is 27.8. The fraction of sp³-hybridized carbons (Fsp3) is 0.237. The van der Waals surface area contributed by atoms with Crippen LogP contribution in [0.15, 0.2) is 229 Å². The van der Waals surface area contributed by atoms with Gasteiger partial charge in [0, 0.05) is 65.1 Å². The lowest BCUT2D eigenvalue weighted by Crippen LogP contribution is -2.16. The summed E-state index contributed by atoms with van der Waals surface area (Å²) in [5, 5.41) is 13.3. The summed E-state index contributed by atoms with van der Waals surface area (Å²) in [7, 11) is 0. The summed E-state index contributed by atoms with van der Waals surface area (Å²) in [5.41, 5.74) is 31.0. The van der Waals surface area contributed by atoms with Crippen LogP contribution >= 0.6 is 0 Å². The Bertz CT molecular complexity index is 6410. The third-order valence-corrected chi connectivity index (χ3v) is 22.5. The van der Waals surface area contributed by atoms with E-state index in [2.05, 4.69) is 356 Å². The maximum Gasteiger partial charge on any atom is 0.213 e. The summed E-state index contributed by atoms with van der Waals surface area (Å²) in [6, 6.07) is 87.2. The number of hydrogen-bond acceptors (Lipinski definition) is 1. The van der Waals surface area contributed by atoms with E-state index < -0.39 is 0 Å². The van der Waals surface area contributed by atoms with Crippen molar-refractivity contribution in [1.82, 2.24) is 13.4 Å². The summed E-state index contributed by atoms with van der Waals surface area (Å²) in [5.74, 6) is 0.333. The third-order valence-electron chi connectivity index (χ3n) is 22.5. The Morgan fingerprint density at radius 1 is 0.277 bits per heavy atom. The lowest BCUT2D eigenvalue weighted by Gasteiger charge is -2.26. The van der Waals surface area contributed by atoms with Crippen LogP contribution in [-0.4, -0.2) is 13.4 Å². The van der Waals surface area contributed by atoms with Gasteiger partial charge in [0.1, 0.15) is 5.58 Å². The molecule has 6 heterocycles. The van der Waals surface area contributed by atoms with Crippen LogP contribution in [0.5, 0.6) is 0 Å². The molecule has 18 aromatic rings. The van der Waals surface area contributed by atoms with Crippen LogP contribution in [0.4, 0.5) is 0 Å². The second-order valence-corrected chi connectivity index (χ2v) is 34.9. The van der Waals surface area contributed by atoms with E-state index in [4.69, 9.17) is 4.42 Å². The second-order valence-electron chi connectivity index (χ2n) is 34.9. The van der Waals surface area contributed by atoms with Gasteiger partial charge in [-0.3, -0.25) is 4.40 Å². The SMILES string of the molecule is CC(C)c1cc(-c2cc(-c3ccc4c(c3)c3ccccc3n4-c3cccc(-c4ccccc4)c3)c3c(c2)c2cc(-c4cc(C(C)(C)C)cc(C(C)(C)C)c4)cc4c5ccc6c(c7cc(-c8cc(C(C)(C)C)cc(C(C)(C)C)c8)cc8c9c%10ccccc%10oc9n6c87)c5n3c24)cc(C(C)(C)C)c1. The minimum Gasteiger partial charge on any atom is -0.439 e. The zero-order valence-corrected chi connectivity index (χ0v) is 61.7. The fourth-order valence-electron chi connectivity index (χ4n) is 16.7. The first-order valence-corrected chi connectivity index (χ1v) is 36.6. The molecule has 0 fully saturated rings. The Hall–Kier alpha value is -10.4. The van der Waals surface area contributed by atoms with Crippen LogP contribution in [0.25, 0.3) is 170 Å². The van der Waals surface area contributed by atoms with Crippen molar-refractivity contribution in [2.75, 3.05) is 0 Å². The largest absolute Gasteiger partial charge is 0.439 e. The predicted molar refractivity (Wildman–Crippen MR) is 435 cm³/mol. The molecule has 4 nitrogen and oxygen atoms in total. The van der Waals surface area contributed by atoms with Crippen LogP contribution < -0.4 is 0 Å². The summed E-state index contributed by atoms with van der Waals surface area (Å²) in [6.45, 7) is 40.0. The highest BCUT2D eigenvalue weighted by Gasteiger charge is 2.32. The molecule has 0 bridgehead atoms. The lowest BCUT2D eigenvalue weighted by atomic mass is 9.79. The minimum atomic E-state index is -0.0794. The van der Waals surface area contributed by atoms with Crippen LogP contribution in [0.1, 0.15) is 157 Å². The molecular formula is C97H89N3O. The summed E-state index contributed by atoms with van der Waals surface area (Å²) in [6.07, 6.45) is 0. The highest BCUT2D eigenvalue weighted by Crippen LogP contribution is 2.53. The van der Waals surface area contributed by atoms with Gasteiger partial charge >= 0.3 is 0 Å². The molecule has 101 heavy (non-hydrogen) atoms. The van der Waals surface area contributed by atoms with Gasteiger partial charge in [-0.25, -0.2) is 0 Å². The van der Waals surface area contributed by atoms with E-state index in [-0.39, 0.29) is 27.1 Å². The molecule has 0 aliphatic rings. The average Bonchev–Trinajstić information content (AvgIpc) is 1.50. The number of hydrogen-bond donors (Lipinski definition) is 0.